The summed E-state index contributed by atoms with van der Waals surface area (Å²) in [6.07, 6.45) is 2.05. The molecule has 0 atom stereocenters. The van der Waals surface area contributed by atoms with Crippen molar-refractivity contribution >= 4 is 46.4 Å². The highest BCUT2D eigenvalue weighted by molar-refractivity contribution is 6.18. The maximum absolute atomic E-state index is 11.6. The van der Waals surface area contributed by atoms with E-state index in [9.17, 15) is 9.59 Å². The molecule has 1 rings (SSSR count). The Labute approximate surface area is 128 Å². The van der Waals surface area contributed by atoms with Crippen LogP contribution in [0.2, 0.25) is 0 Å². The van der Waals surface area contributed by atoms with E-state index in [0.717, 1.165) is 0 Å². The van der Waals surface area contributed by atoms with E-state index in [-0.39, 0.29) is 11.8 Å². The highest BCUT2D eigenvalue weighted by atomic mass is 35.5. The number of nitrogens with one attached hydrogen (secondary N) is 2. The Kier molecular flexibility index (Phi) is 8.07. The third-order valence-corrected chi connectivity index (χ3v) is 3.04. The van der Waals surface area contributed by atoms with Gasteiger partial charge < -0.3 is 10.6 Å². The van der Waals surface area contributed by atoms with Crippen molar-refractivity contribution in [3.63, 3.8) is 0 Å². The molecule has 0 aliphatic carbocycles. The molecule has 110 valence electrons. The van der Waals surface area contributed by atoms with Crippen LogP contribution in [-0.4, -0.2) is 23.6 Å². The van der Waals surface area contributed by atoms with Crippen LogP contribution in [0, 0.1) is 0 Å². The standard InChI is InChI=1S/C14H18Cl2N2O2/c15-8-2-6-13(19)17-11-4-1-5-12(10-11)18-14(20)7-3-9-16/h1,4-5,10H,2-3,6-9H2,(H,17,19)(H,18,20). The SMILES string of the molecule is O=C(CCCCl)Nc1cccc(NC(=O)CCCCl)c1. The summed E-state index contributed by atoms with van der Waals surface area (Å²) in [6.45, 7) is 0. The fourth-order valence-corrected chi connectivity index (χ4v) is 1.84. The van der Waals surface area contributed by atoms with Gasteiger partial charge in [0.15, 0.2) is 0 Å². The zero-order valence-corrected chi connectivity index (χ0v) is 12.6. The number of carbonyl (C=O) groups excluding carboxylic acids is 2. The zero-order chi connectivity index (χ0) is 14.8. The molecule has 0 heterocycles. The van der Waals surface area contributed by atoms with Gasteiger partial charge in [-0.2, -0.15) is 0 Å². The summed E-state index contributed by atoms with van der Waals surface area (Å²) in [5, 5.41) is 5.53. The number of hydrogen-bond donors (Lipinski definition) is 2. The lowest BCUT2D eigenvalue weighted by molar-refractivity contribution is -0.117. The van der Waals surface area contributed by atoms with Gasteiger partial charge in [0.2, 0.25) is 11.8 Å². The van der Waals surface area contributed by atoms with E-state index < -0.39 is 0 Å². The number of amides is 2. The van der Waals surface area contributed by atoms with Crippen molar-refractivity contribution in [2.45, 2.75) is 25.7 Å². The van der Waals surface area contributed by atoms with E-state index >= 15 is 0 Å². The van der Waals surface area contributed by atoms with Crippen LogP contribution in [-0.2, 0) is 9.59 Å². The van der Waals surface area contributed by atoms with Crippen LogP contribution in [0.5, 0.6) is 0 Å². The second kappa shape index (κ2) is 9.61. The van der Waals surface area contributed by atoms with Crippen LogP contribution in [0.4, 0.5) is 11.4 Å². The van der Waals surface area contributed by atoms with Gasteiger partial charge in [-0.15, -0.1) is 23.2 Å². The molecule has 0 bridgehead atoms. The quantitative estimate of drug-likeness (QED) is 0.720. The fraction of sp³-hybridized carbons (Fsp3) is 0.429. The second-order valence-corrected chi connectivity index (χ2v) is 5.02. The third kappa shape index (κ3) is 6.78. The van der Waals surface area contributed by atoms with Gasteiger partial charge in [0, 0.05) is 36.0 Å². The largest absolute Gasteiger partial charge is 0.326 e. The molecule has 0 unspecified atom stereocenters. The average Bonchev–Trinajstić information content (AvgIpc) is 2.43. The molecule has 20 heavy (non-hydrogen) atoms. The Bertz CT molecular complexity index is 415. The van der Waals surface area contributed by atoms with E-state index in [1.54, 1.807) is 24.3 Å². The summed E-state index contributed by atoms with van der Waals surface area (Å²) < 4.78 is 0. The smallest absolute Gasteiger partial charge is 0.224 e. The minimum atomic E-state index is -0.0868. The monoisotopic (exact) mass is 316 g/mol. The van der Waals surface area contributed by atoms with Crippen molar-refractivity contribution in [3.8, 4) is 0 Å². The Morgan fingerprint density at radius 1 is 0.900 bits per heavy atom. The summed E-state index contributed by atoms with van der Waals surface area (Å²) >= 11 is 11.1. The van der Waals surface area contributed by atoms with Crippen LogP contribution < -0.4 is 10.6 Å². The highest BCUT2D eigenvalue weighted by Crippen LogP contribution is 2.16. The zero-order valence-electron chi connectivity index (χ0n) is 11.1. The van der Waals surface area contributed by atoms with Crippen LogP contribution >= 0.6 is 23.2 Å². The van der Waals surface area contributed by atoms with E-state index in [1.165, 1.54) is 0 Å². The van der Waals surface area contributed by atoms with Crippen LogP contribution in [0.1, 0.15) is 25.7 Å². The molecule has 2 amide bonds. The van der Waals surface area contributed by atoms with Crippen molar-refractivity contribution in [1.29, 1.82) is 0 Å². The van der Waals surface area contributed by atoms with Gasteiger partial charge in [0.25, 0.3) is 0 Å². The topological polar surface area (TPSA) is 58.2 Å². The van der Waals surface area contributed by atoms with Gasteiger partial charge in [-0.3, -0.25) is 9.59 Å². The summed E-state index contributed by atoms with van der Waals surface area (Å²) in [4.78, 5) is 23.1. The van der Waals surface area contributed by atoms with Crippen LogP contribution in [0.15, 0.2) is 24.3 Å². The van der Waals surface area contributed by atoms with Gasteiger partial charge >= 0.3 is 0 Å². The van der Waals surface area contributed by atoms with Crippen molar-refractivity contribution < 1.29 is 9.59 Å². The molecule has 0 fully saturated rings. The summed E-state index contributed by atoms with van der Waals surface area (Å²) in [5.74, 6) is 0.751. The Hall–Kier alpha value is -1.26. The second-order valence-electron chi connectivity index (χ2n) is 4.26. The third-order valence-electron chi connectivity index (χ3n) is 2.51. The predicted octanol–water partition coefficient (Wildman–Crippen LogP) is 3.60. The fourth-order valence-electron chi connectivity index (χ4n) is 1.58. The number of halogens is 2. The van der Waals surface area contributed by atoms with Crippen molar-refractivity contribution in [2.24, 2.45) is 0 Å². The normalized spacial score (nSPS) is 10.1. The molecule has 0 saturated carbocycles. The molecule has 2 N–H and O–H groups in total. The van der Waals surface area contributed by atoms with Gasteiger partial charge in [-0.05, 0) is 31.0 Å². The first kappa shape index (κ1) is 16.8. The number of carbonyl (C=O) groups is 2. The molecule has 0 aromatic heterocycles. The van der Waals surface area contributed by atoms with Crippen molar-refractivity contribution in [3.05, 3.63) is 24.3 Å². The Morgan fingerprint density at radius 2 is 1.35 bits per heavy atom. The molecule has 0 aliphatic rings. The average molecular weight is 317 g/mol. The molecule has 0 radical (unpaired) electrons. The lowest BCUT2D eigenvalue weighted by Gasteiger charge is -2.08. The number of alkyl halides is 2. The van der Waals surface area contributed by atoms with E-state index in [4.69, 9.17) is 23.2 Å². The summed E-state index contributed by atoms with van der Waals surface area (Å²) in [6, 6.07) is 7.03. The Morgan fingerprint density at radius 3 is 1.75 bits per heavy atom. The number of benzene rings is 1. The molecule has 6 heteroatoms. The molecule has 1 aromatic carbocycles. The van der Waals surface area contributed by atoms with Crippen LogP contribution in [0.3, 0.4) is 0 Å². The van der Waals surface area contributed by atoms with Gasteiger partial charge in [0.05, 0.1) is 0 Å². The summed E-state index contributed by atoms with van der Waals surface area (Å²) in [5.41, 5.74) is 1.31. The summed E-state index contributed by atoms with van der Waals surface area (Å²) in [7, 11) is 0. The molecular formula is C14H18Cl2N2O2. The highest BCUT2D eigenvalue weighted by Gasteiger charge is 2.05. The van der Waals surface area contributed by atoms with Gasteiger partial charge in [0.1, 0.15) is 0 Å². The lowest BCUT2D eigenvalue weighted by Crippen LogP contribution is -2.13. The van der Waals surface area contributed by atoms with E-state index in [1.807, 2.05) is 0 Å². The molecule has 1 aromatic rings. The molecule has 0 saturated heterocycles. The van der Waals surface area contributed by atoms with Crippen molar-refractivity contribution in [1.82, 2.24) is 0 Å². The maximum atomic E-state index is 11.6. The molecule has 0 aliphatic heterocycles. The maximum Gasteiger partial charge on any atom is 0.224 e. The van der Waals surface area contributed by atoms with Crippen molar-refractivity contribution in [2.75, 3.05) is 22.4 Å². The molecule has 0 spiro atoms. The molecule has 4 nitrogen and oxygen atoms in total. The lowest BCUT2D eigenvalue weighted by atomic mass is 10.2. The van der Waals surface area contributed by atoms with Crippen LogP contribution in [0.25, 0.3) is 0 Å². The number of hydrogen-bond acceptors (Lipinski definition) is 2. The minimum absolute atomic E-state index is 0.0868. The van der Waals surface area contributed by atoms with Gasteiger partial charge in [-0.25, -0.2) is 0 Å². The van der Waals surface area contributed by atoms with E-state index in [0.29, 0.717) is 48.8 Å². The number of rotatable bonds is 8. The van der Waals surface area contributed by atoms with Gasteiger partial charge in [-0.1, -0.05) is 6.07 Å². The Balaban J connectivity index is 2.52. The molecular weight excluding hydrogens is 299 g/mol. The predicted molar refractivity (Wildman–Crippen MR) is 83.6 cm³/mol. The first-order valence-electron chi connectivity index (χ1n) is 6.47. The first-order valence-corrected chi connectivity index (χ1v) is 7.54. The number of anilines is 2. The van der Waals surface area contributed by atoms with E-state index in [2.05, 4.69) is 10.6 Å². The minimum Gasteiger partial charge on any atom is -0.326 e. The first-order chi connectivity index (χ1) is 9.65.